The highest BCUT2D eigenvalue weighted by molar-refractivity contribution is 9.10. The van der Waals surface area contributed by atoms with E-state index in [1.165, 1.54) is 0 Å². The maximum atomic E-state index is 12.8. The second-order valence-corrected chi connectivity index (χ2v) is 7.54. The predicted octanol–water partition coefficient (Wildman–Crippen LogP) is 2.92. The van der Waals surface area contributed by atoms with E-state index in [1.807, 2.05) is 43.0 Å². The Morgan fingerprint density at radius 2 is 2.00 bits per heavy atom. The van der Waals surface area contributed by atoms with E-state index in [2.05, 4.69) is 22.9 Å². The zero-order valence-corrected chi connectivity index (χ0v) is 14.0. The lowest BCUT2D eigenvalue weighted by molar-refractivity contribution is -0.135. The summed E-state index contributed by atoms with van der Waals surface area (Å²) in [7, 11) is 0. The van der Waals surface area contributed by atoms with Crippen LogP contribution in [0.15, 0.2) is 28.7 Å². The zero-order valence-electron chi connectivity index (χ0n) is 12.4. The van der Waals surface area contributed by atoms with Crippen molar-refractivity contribution < 1.29 is 4.79 Å². The van der Waals surface area contributed by atoms with Gasteiger partial charge in [0.05, 0.1) is 5.41 Å². The minimum Gasteiger partial charge on any atom is -0.341 e. The monoisotopic (exact) mass is 338 g/mol. The molecule has 1 saturated heterocycles. The van der Waals surface area contributed by atoms with Crippen molar-refractivity contribution in [1.82, 2.24) is 4.90 Å². The molecule has 1 aliphatic heterocycles. The third-order valence-corrected chi connectivity index (χ3v) is 4.97. The molecule has 0 spiro atoms. The maximum Gasteiger partial charge on any atom is 0.232 e. The van der Waals surface area contributed by atoms with Crippen molar-refractivity contribution in [2.24, 2.45) is 11.1 Å². The van der Waals surface area contributed by atoms with Gasteiger partial charge < -0.3 is 10.6 Å². The Labute approximate surface area is 129 Å². The molecule has 0 radical (unpaired) electrons. The zero-order chi connectivity index (χ0) is 15.0. The molecule has 0 saturated carbocycles. The Bertz CT molecular complexity index is 498. The minimum absolute atomic E-state index is 0.0749. The van der Waals surface area contributed by atoms with Crippen LogP contribution in [-0.4, -0.2) is 30.4 Å². The summed E-state index contributed by atoms with van der Waals surface area (Å²) in [6.45, 7) is 8.37. The summed E-state index contributed by atoms with van der Waals surface area (Å²) in [6.07, 6.45) is 0.992. The molecule has 20 heavy (non-hydrogen) atoms. The Balaban J connectivity index is 2.18. The number of nitrogens with zero attached hydrogens (tertiary/aromatic N) is 1. The van der Waals surface area contributed by atoms with Crippen molar-refractivity contribution >= 4 is 21.8 Å². The number of amides is 1. The number of carbonyl (C=O) groups excluding carboxylic acids is 1. The van der Waals surface area contributed by atoms with Crippen LogP contribution < -0.4 is 5.73 Å². The van der Waals surface area contributed by atoms with Crippen LogP contribution in [0.1, 0.15) is 32.8 Å². The van der Waals surface area contributed by atoms with Crippen molar-refractivity contribution in [2.45, 2.75) is 32.6 Å². The fourth-order valence-corrected chi connectivity index (χ4v) is 3.01. The van der Waals surface area contributed by atoms with Gasteiger partial charge in [-0.1, -0.05) is 35.0 Å². The summed E-state index contributed by atoms with van der Waals surface area (Å²) < 4.78 is 1.03. The van der Waals surface area contributed by atoms with E-state index >= 15 is 0 Å². The molecule has 0 aromatic heterocycles. The molecule has 1 fully saturated rings. The summed E-state index contributed by atoms with van der Waals surface area (Å²) in [5.74, 6) is 0.192. The first kappa shape index (κ1) is 15.5. The molecule has 1 aliphatic rings. The molecule has 110 valence electrons. The third-order valence-electron chi connectivity index (χ3n) is 4.44. The van der Waals surface area contributed by atoms with Gasteiger partial charge in [-0.05, 0) is 49.9 Å². The normalized spacial score (nSPS) is 23.1. The van der Waals surface area contributed by atoms with Crippen LogP contribution in [0.4, 0.5) is 0 Å². The average Bonchev–Trinajstić information content (AvgIpc) is 2.82. The highest BCUT2D eigenvalue weighted by Crippen LogP contribution is 2.33. The molecule has 1 aromatic rings. The summed E-state index contributed by atoms with van der Waals surface area (Å²) >= 11 is 3.43. The predicted molar refractivity (Wildman–Crippen MR) is 85.5 cm³/mol. The van der Waals surface area contributed by atoms with E-state index in [0.717, 1.165) is 29.5 Å². The molecule has 1 atom stereocenters. The summed E-state index contributed by atoms with van der Waals surface area (Å²) in [4.78, 5) is 14.8. The SMILES string of the molecule is CC1(CN)CCN(C(=O)C(C)(C)c2ccc(Br)cc2)C1. The van der Waals surface area contributed by atoms with E-state index < -0.39 is 5.41 Å². The van der Waals surface area contributed by atoms with Gasteiger partial charge >= 0.3 is 0 Å². The lowest BCUT2D eigenvalue weighted by Gasteiger charge is -2.31. The van der Waals surface area contributed by atoms with Crippen molar-refractivity contribution in [2.75, 3.05) is 19.6 Å². The van der Waals surface area contributed by atoms with Gasteiger partial charge in [-0.15, -0.1) is 0 Å². The molecular weight excluding hydrogens is 316 g/mol. The third kappa shape index (κ3) is 2.91. The van der Waals surface area contributed by atoms with Crippen LogP contribution in [0.25, 0.3) is 0 Å². The first-order chi connectivity index (χ1) is 9.28. The molecule has 1 aromatic carbocycles. The standard InChI is InChI=1S/C16H23BrN2O/c1-15(2,12-4-6-13(17)7-5-12)14(20)19-9-8-16(3,10-18)11-19/h4-7H,8-11,18H2,1-3H3. The van der Waals surface area contributed by atoms with Gasteiger partial charge in [0.1, 0.15) is 0 Å². The smallest absolute Gasteiger partial charge is 0.232 e. The average molecular weight is 339 g/mol. The number of nitrogens with two attached hydrogens (primary N) is 1. The van der Waals surface area contributed by atoms with Crippen LogP contribution in [-0.2, 0) is 10.2 Å². The second kappa shape index (κ2) is 5.49. The van der Waals surface area contributed by atoms with Crippen LogP contribution in [0.3, 0.4) is 0 Å². The van der Waals surface area contributed by atoms with E-state index in [9.17, 15) is 4.79 Å². The molecule has 2 N–H and O–H groups in total. The van der Waals surface area contributed by atoms with Gasteiger partial charge in [0.2, 0.25) is 5.91 Å². The lowest BCUT2D eigenvalue weighted by atomic mass is 9.83. The minimum atomic E-state index is -0.499. The van der Waals surface area contributed by atoms with Crippen molar-refractivity contribution in [3.05, 3.63) is 34.3 Å². The summed E-state index contributed by atoms with van der Waals surface area (Å²) in [5, 5.41) is 0. The van der Waals surface area contributed by atoms with Crippen molar-refractivity contribution in [3.63, 3.8) is 0 Å². The van der Waals surface area contributed by atoms with Gasteiger partial charge in [-0.3, -0.25) is 4.79 Å². The summed E-state index contributed by atoms with van der Waals surface area (Å²) in [5.41, 5.74) is 6.45. The van der Waals surface area contributed by atoms with Crippen molar-refractivity contribution in [1.29, 1.82) is 0 Å². The molecule has 1 amide bonds. The van der Waals surface area contributed by atoms with Gasteiger partial charge in [-0.25, -0.2) is 0 Å². The van der Waals surface area contributed by atoms with E-state index in [0.29, 0.717) is 6.54 Å². The number of likely N-dealkylation sites (tertiary alicyclic amines) is 1. The van der Waals surface area contributed by atoms with Crippen molar-refractivity contribution in [3.8, 4) is 0 Å². The number of halogens is 1. The highest BCUT2D eigenvalue weighted by atomic mass is 79.9. The van der Waals surface area contributed by atoms with Crippen LogP contribution in [0.5, 0.6) is 0 Å². The van der Waals surface area contributed by atoms with E-state index in [1.54, 1.807) is 0 Å². The Hall–Kier alpha value is -0.870. The van der Waals surface area contributed by atoms with E-state index in [4.69, 9.17) is 5.73 Å². The largest absolute Gasteiger partial charge is 0.341 e. The van der Waals surface area contributed by atoms with Gasteiger partial charge in [-0.2, -0.15) is 0 Å². The first-order valence-electron chi connectivity index (χ1n) is 7.04. The van der Waals surface area contributed by atoms with Crippen LogP contribution in [0, 0.1) is 5.41 Å². The fraction of sp³-hybridized carbons (Fsp3) is 0.562. The lowest BCUT2D eigenvalue weighted by Crippen LogP contribution is -2.43. The van der Waals surface area contributed by atoms with Crippen LogP contribution in [0.2, 0.25) is 0 Å². The van der Waals surface area contributed by atoms with Gasteiger partial charge in [0, 0.05) is 17.6 Å². The molecule has 1 unspecified atom stereocenters. The van der Waals surface area contributed by atoms with Gasteiger partial charge in [0.25, 0.3) is 0 Å². The molecule has 0 aliphatic carbocycles. The summed E-state index contributed by atoms with van der Waals surface area (Å²) in [6, 6.07) is 8.00. The second-order valence-electron chi connectivity index (χ2n) is 6.62. The Morgan fingerprint density at radius 1 is 1.40 bits per heavy atom. The van der Waals surface area contributed by atoms with Gasteiger partial charge in [0.15, 0.2) is 0 Å². The topological polar surface area (TPSA) is 46.3 Å². The maximum absolute atomic E-state index is 12.8. The fourth-order valence-electron chi connectivity index (χ4n) is 2.75. The molecule has 0 bridgehead atoms. The number of hydrogen-bond donors (Lipinski definition) is 1. The molecular formula is C16H23BrN2O. The number of rotatable bonds is 3. The van der Waals surface area contributed by atoms with E-state index in [-0.39, 0.29) is 11.3 Å². The Morgan fingerprint density at radius 3 is 2.50 bits per heavy atom. The highest BCUT2D eigenvalue weighted by Gasteiger charge is 2.40. The first-order valence-corrected chi connectivity index (χ1v) is 7.83. The molecule has 2 rings (SSSR count). The number of hydrogen-bond acceptors (Lipinski definition) is 2. The quantitative estimate of drug-likeness (QED) is 0.920. The van der Waals surface area contributed by atoms with Crippen LogP contribution >= 0.6 is 15.9 Å². The molecule has 3 nitrogen and oxygen atoms in total. The number of benzene rings is 1. The Kier molecular flexibility index (Phi) is 4.26. The number of carbonyl (C=O) groups is 1. The molecule has 1 heterocycles. The molecule has 4 heteroatoms.